The second-order valence-electron chi connectivity index (χ2n) is 7.28. The zero-order valence-electron chi connectivity index (χ0n) is 16.0. The van der Waals surface area contributed by atoms with Crippen molar-refractivity contribution in [1.82, 2.24) is 15.0 Å². The topological polar surface area (TPSA) is 59.9 Å². The zero-order valence-corrected chi connectivity index (χ0v) is 17.6. The predicted molar refractivity (Wildman–Crippen MR) is 119 cm³/mol. The van der Waals surface area contributed by atoms with E-state index in [1.165, 1.54) is 0 Å². The van der Waals surface area contributed by atoms with E-state index in [1.54, 1.807) is 30.3 Å². The van der Waals surface area contributed by atoms with Crippen LogP contribution in [0, 0.1) is 18.9 Å². The maximum Gasteiger partial charge on any atom is 0.316 e. The number of nitrogens with zero attached hydrogens (tertiary/aromatic N) is 3. The van der Waals surface area contributed by atoms with E-state index < -0.39 is 0 Å². The molecule has 0 spiro atoms. The third kappa shape index (κ3) is 4.83. The number of hydrogen-bond donors (Lipinski definition) is 1. The minimum Gasteiger partial charge on any atom is -0.456 e. The molecule has 0 bridgehead atoms. The third-order valence-corrected chi connectivity index (χ3v) is 5.20. The number of halogens is 1. The molecule has 4 aromatic rings. The van der Waals surface area contributed by atoms with E-state index in [0.29, 0.717) is 5.02 Å². The molecule has 7 heteroatoms. The molecule has 0 saturated carbocycles. The van der Waals surface area contributed by atoms with E-state index in [4.69, 9.17) is 16.3 Å². The molecule has 4 rings (SSSR count). The highest BCUT2D eigenvalue weighted by Gasteiger charge is 2.14. The first kappa shape index (κ1) is 19.6. The van der Waals surface area contributed by atoms with E-state index in [1.807, 2.05) is 50.2 Å². The lowest BCUT2D eigenvalue weighted by Gasteiger charge is -2.16. The van der Waals surface area contributed by atoms with E-state index in [-0.39, 0.29) is 11.4 Å². The Morgan fingerprint density at radius 2 is 1.90 bits per heavy atom. The monoisotopic (exact) mass is 422 g/mol. The molecule has 146 valence electrons. The minimum absolute atomic E-state index is 0.274. The summed E-state index contributed by atoms with van der Waals surface area (Å²) < 4.78 is 6.58. The fourth-order valence-electron chi connectivity index (χ4n) is 2.60. The normalized spacial score (nSPS) is 11.6. The molecule has 0 aliphatic carbocycles. The lowest BCUT2D eigenvalue weighted by atomic mass is 9.99. The fraction of sp³-hybridized carbons (Fsp3) is 0.136. The molecule has 2 aromatic carbocycles. The smallest absolute Gasteiger partial charge is 0.316 e. The Morgan fingerprint density at radius 3 is 2.59 bits per heavy atom. The molecule has 1 N–H and O–H groups in total. The third-order valence-electron chi connectivity index (χ3n) is 3.94. The number of anilines is 2. The maximum absolute atomic E-state index is 6.51. The van der Waals surface area contributed by atoms with Crippen LogP contribution < -0.4 is 10.1 Å². The van der Waals surface area contributed by atoms with E-state index >= 15 is 0 Å². The molecule has 2 radical (unpaired) electrons. The predicted octanol–water partition coefficient (Wildman–Crippen LogP) is 6.55. The molecule has 0 atom stereocenters. The summed E-state index contributed by atoms with van der Waals surface area (Å²) in [6, 6.07) is 14.1. The van der Waals surface area contributed by atoms with Crippen LogP contribution in [0.3, 0.4) is 0 Å². The molecule has 2 aromatic heterocycles. The van der Waals surface area contributed by atoms with Gasteiger partial charge in [-0.3, -0.25) is 0 Å². The van der Waals surface area contributed by atoms with Crippen LogP contribution in [0.1, 0.15) is 13.8 Å². The largest absolute Gasteiger partial charge is 0.456 e. The Kier molecular flexibility index (Phi) is 5.39. The number of rotatable bonds is 6. The van der Waals surface area contributed by atoms with Gasteiger partial charge < -0.3 is 10.1 Å². The molecule has 0 fully saturated rings. The van der Waals surface area contributed by atoms with Gasteiger partial charge in [0.1, 0.15) is 6.61 Å². The van der Waals surface area contributed by atoms with Crippen molar-refractivity contribution in [3.8, 4) is 17.1 Å². The summed E-state index contributed by atoms with van der Waals surface area (Å²) in [6.07, 6.45) is 3.38. The van der Waals surface area contributed by atoms with Gasteiger partial charge in [-0.15, -0.1) is 0 Å². The average Bonchev–Trinajstić information content (AvgIpc) is 3.09. The van der Waals surface area contributed by atoms with Crippen molar-refractivity contribution in [2.24, 2.45) is 5.41 Å². The van der Waals surface area contributed by atoms with Crippen molar-refractivity contribution >= 4 is 44.0 Å². The van der Waals surface area contributed by atoms with Gasteiger partial charge >= 0.3 is 6.01 Å². The van der Waals surface area contributed by atoms with Crippen molar-refractivity contribution in [2.45, 2.75) is 13.8 Å². The Bertz CT molecular complexity index is 1100. The molecule has 0 amide bonds. The second kappa shape index (κ2) is 7.97. The van der Waals surface area contributed by atoms with Crippen molar-refractivity contribution in [1.29, 1.82) is 0 Å². The summed E-state index contributed by atoms with van der Waals surface area (Å²) in [5.74, 6) is 0. The first-order valence-corrected chi connectivity index (χ1v) is 10.2. The number of ether oxygens (including phenoxy) is 1. The molecule has 0 aliphatic heterocycles. The maximum atomic E-state index is 6.51. The standard InChI is InChI=1S/C22H19ClN4OS/c1-22(2,3)13-28-20-24-11-14(12-25-20)16-9-8-15(10-17(16)23)26-21-27-18-6-4-5-7-19(18)29-21/h4-13H,1H2,2-3H3,(H,26,27). The summed E-state index contributed by atoms with van der Waals surface area (Å²) >= 11 is 8.11. The molecule has 29 heavy (non-hydrogen) atoms. The average molecular weight is 423 g/mol. The molecule has 2 heterocycles. The van der Waals surface area contributed by atoms with Gasteiger partial charge in [0.25, 0.3) is 0 Å². The number of fused-ring (bicyclic) bond motifs is 1. The molecule has 0 aliphatic rings. The SMILES string of the molecule is [CH2]C(C)(C)[CH]Oc1ncc(-c2ccc(Nc3nc4ccccc4s3)cc2Cl)cn1. The number of benzene rings is 2. The molecule has 0 saturated heterocycles. The fourth-order valence-corrected chi connectivity index (χ4v) is 3.78. The second-order valence-corrected chi connectivity index (χ2v) is 8.72. The van der Waals surface area contributed by atoms with Crippen LogP contribution in [0.25, 0.3) is 21.3 Å². The Labute approximate surface area is 178 Å². The van der Waals surface area contributed by atoms with Crippen LogP contribution in [-0.4, -0.2) is 15.0 Å². The van der Waals surface area contributed by atoms with Gasteiger partial charge in [0.15, 0.2) is 5.13 Å². The quantitative estimate of drug-likeness (QED) is 0.381. The van der Waals surface area contributed by atoms with E-state index in [0.717, 1.165) is 32.2 Å². The van der Waals surface area contributed by atoms with Crippen LogP contribution in [0.5, 0.6) is 6.01 Å². The summed E-state index contributed by atoms with van der Waals surface area (Å²) in [5.41, 5.74) is 3.17. The van der Waals surface area contributed by atoms with E-state index in [9.17, 15) is 0 Å². The first-order valence-electron chi connectivity index (χ1n) is 8.98. The van der Waals surface area contributed by atoms with Crippen molar-refractivity contribution < 1.29 is 4.74 Å². The highest BCUT2D eigenvalue weighted by atomic mass is 35.5. The first-order chi connectivity index (χ1) is 13.9. The summed E-state index contributed by atoms with van der Waals surface area (Å²) in [6.45, 7) is 9.43. The van der Waals surface area contributed by atoms with E-state index in [2.05, 4.69) is 33.3 Å². The minimum atomic E-state index is -0.322. The van der Waals surface area contributed by atoms with Gasteiger partial charge in [-0.2, -0.15) is 0 Å². The number of nitrogens with one attached hydrogen (secondary N) is 1. The van der Waals surface area contributed by atoms with Crippen LogP contribution >= 0.6 is 22.9 Å². The lowest BCUT2D eigenvalue weighted by Crippen LogP contribution is -2.12. The number of hydrogen-bond acceptors (Lipinski definition) is 6. The van der Waals surface area contributed by atoms with Crippen LogP contribution in [-0.2, 0) is 0 Å². The Hall–Kier alpha value is -2.70. The van der Waals surface area contributed by atoms with Gasteiger partial charge in [-0.05, 0) is 31.2 Å². The zero-order chi connectivity index (χ0) is 20.4. The molecular formula is C22H19ClN4OS. The van der Waals surface area contributed by atoms with Gasteiger partial charge in [-0.1, -0.05) is 55.0 Å². The number of aromatic nitrogens is 3. The number of thiazole rings is 1. The van der Waals surface area contributed by atoms with Crippen LogP contribution in [0.4, 0.5) is 10.8 Å². The molecular weight excluding hydrogens is 404 g/mol. The van der Waals surface area contributed by atoms with Crippen molar-refractivity contribution in [3.05, 3.63) is 73.4 Å². The molecule has 5 nitrogen and oxygen atoms in total. The van der Waals surface area contributed by atoms with Gasteiger partial charge in [0, 0.05) is 34.6 Å². The summed E-state index contributed by atoms with van der Waals surface area (Å²) in [4.78, 5) is 13.1. The highest BCUT2D eigenvalue weighted by molar-refractivity contribution is 7.22. The van der Waals surface area contributed by atoms with Crippen LogP contribution in [0.15, 0.2) is 54.9 Å². The Morgan fingerprint density at radius 1 is 1.14 bits per heavy atom. The summed E-state index contributed by atoms with van der Waals surface area (Å²) in [5, 5.41) is 4.73. The number of para-hydroxylation sites is 1. The lowest BCUT2D eigenvalue weighted by molar-refractivity contribution is 0.284. The highest BCUT2D eigenvalue weighted by Crippen LogP contribution is 2.33. The van der Waals surface area contributed by atoms with Gasteiger partial charge in [0.2, 0.25) is 0 Å². The van der Waals surface area contributed by atoms with Gasteiger partial charge in [0.05, 0.1) is 15.2 Å². The summed E-state index contributed by atoms with van der Waals surface area (Å²) in [7, 11) is 0. The van der Waals surface area contributed by atoms with Crippen LogP contribution in [0.2, 0.25) is 5.02 Å². The Balaban J connectivity index is 1.49. The van der Waals surface area contributed by atoms with Crippen molar-refractivity contribution in [3.63, 3.8) is 0 Å². The molecule has 0 unspecified atom stereocenters. The van der Waals surface area contributed by atoms with Gasteiger partial charge in [-0.25, -0.2) is 15.0 Å². The van der Waals surface area contributed by atoms with Crippen molar-refractivity contribution in [2.75, 3.05) is 5.32 Å².